The van der Waals surface area contributed by atoms with Crippen LogP contribution < -0.4 is 5.73 Å². The summed E-state index contributed by atoms with van der Waals surface area (Å²) in [7, 11) is 0. The number of nitrogens with two attached hydrogens (primary N) is 1. The van der Waals surface area contributed by atoms with Crippen LogP contribution in [-0.4, -0.2) is 17.1 Å². The number of carbonyl (C=O) groups is 1. The first kappa shape index (κ1) is 9.00. The molecule has 0 saturated heterocycles. The van der Waals surface area contributed by atoms with E-state index in [9.17, 15) is 4.79 Å². The second-order valence-corrected chi connectivity index (χ2v) is 4.53. The predicted octanol–water partition coefficient (Wildman–Crippen LogP) is 1.37. The summed E-state index contributed by atoms with van der Waals surface area (Å²) in [5, 5.41) is 8.89. The molecule has 0 heterocycles. The fourth-order valence-corrected chi connectivity index (χ4v) is 2.86. The summed E-state index contributed by atoms with van der Waals surface area (Å²) in [5.41, 5.74) is 5.73. The Hall–Kier alpha value is -0.570. The predicted molar refractivity (Wildman–Crippen MR) is 49.2 cm³/mol. The van der Waals surface area contributed by atoms with Crippen LogP contribution in [0.4, 0.5) is 0 Å². The third-order valence-corrected chi connectivity index (χ3v) is 3.88. The quantitative estimate of drug-likeness (QED) is 0.694. The topological polar surface area (TPSA) is 63.3 Å². The first-order chi connectivity index (χ1) is 6.17. The Bertz CT molecular complexity index is 217. The van der Waals surface area contributed by atoms with E-state index < -0.39 is 12.0 Å². The van der Waals surface area contributed by atoms with Crippen LogP contribution in [0.5, 0.6) is 0 Å². The fraction of sp³-hybridized carbons (Fsp3) is 0.900. The lowest BCUT2D eigenvalue weighted by molar-refractivity contribution is -0.141. The molecule has 0 amide bonds. The van der Waals surface area contributed by atoms with Crippen LogP contribution in [0.1, 0.15) is 38.5 Å². The molecule has 0 aromatic carbocycles. The van der Waals surface area contributed by atoms with Crippen molar-refractivity contribution in [2.75, 3.05) is 0 Å². The van der Waals surface area contributed by atoms with E-state index in [0.717, 1.165) is 12.8 Å². The molecule has 2 saturated carbocycles. The highest BCUT2D eigenvalue weighted by molar-refractivity contribution is 5.75. The van der Waals surface area contributed by atoms with Crippen LogP contribution in [0.2, 0.25) is 0 Å². The third kappa shape index (κ3) is 1.35. The Kier molecular flexibility index (Phi) is 2.06. The van der Waals surface area contributed by atoms with Gasteiger partial charge in [-0.1, -0.05) is 12.8 Å². The SMILES string of the molecule is NC(C(=O)O)C1(C2CCCC2)CC1. The van der Waals surface area contributed by atoms with Crippen molar-refractivity contribution in [3.8, 4) is 0 Å². The van der Waals surface area contributed by atoms with E-state index in [1.807, 2.05) is 0 Å². The van der Waals surface area contributed by atoms with Crippen molar-refractivity contribution in [3.05, 3.63) is 0 Å². The molecular formula is C10H17NO2. The van der Waals surface area contributed by atoms with E-state index in [4.69, 9.17) is 10.8 Å². The molecule has 0 aromatic rings. The summed E-state index contributed by atoms with van der Waals surface area (Å²) in [4.78, 5) is 10.8. The van der Waals surface area contributed by atoms with Crippen molar-refractivity contribution < 1.29 is 9.90 Å². The van der Waals surface area contributed by atoms with Crippen LogP contribution in [0.25, 0.3) is 0 Å². The molecule has 1 unspecified atom stereocenters. The molecule has 3 N–H and O–H groups in total. The van der Waals surface area contributed by atoms with E-state index in [-0.39, 0.29) is 5.41 Å². The van der Waals surface area contributed by atoms with E-state index in [1.54, 1.807) is 0 Å². The number of aliphatic carboxylic acids is 1. The van der Waals surface area contributed by atoms with Gasteiger partial charge >= 0.3 is 5.97 Å². The van der Waals surface area contributed by atoms with Crippen LogP contribution in [0.15, 0.2) is 0 Å². The summed E-state index contributed by atoms with van der Waals surface area (Å²) < 4.78 is 0. The van der Waals surface area contributed by atoms with Crippen molar-refractivity contribution in [2.45, 2.75) is 44.6 Å². The molecule has 2 aliphatic carbocycles. The average Bonchev–Trinajstić information content (AvgIpc) is 2.72. The maximum Gasteiger partial charge on any atom is 0.321 e. The van der Waals surface area contributed by atoms with Gasteiger partial charge in [0, 0.05) is 0 Å². The van der Waals surface area contributed by atoms with Gasteiger partial charge in [0.15, 0.2) is 0 Å². The van der Waals surface area contributed by atoms with E-state index in [2.05, 4.69) is 0 Å². The van der Waals surface area contributed by atoms with Gasteiger partial charge in [0.05, 0.1) is 0 Å². The highest BCUT2D eigenvalue weighted by atomic mass is 16.4. The Morgan fingerprint density at radius 2 is 1.92 bits per heavy atom. The average molecular weight is 183 g/mol. The molecule has 0 spiro atoms. The molecular weight excluding hydrogens is 166 g/mol. The van der Waals surface area contributed by atoms with Crippen molar-refractivity contribution in [2.24, 2.45) is 17.1 Å². The maximum absolute atomic E-state index is 10.8. The summed E-state index contributed by atoms with van der Waals surface area (Å²) >= 11 is 0. The molecule has 0 aliphatic heterocycles. The highest BCUT2D eigenvalue weighted by Crippen LogP contribution is 2.58. The highest BCUT2D eigenvalue weighted by Gasteiger charge is 2.56. The van der Waals surface area contributed by atoms with E-state index in [0.29, 0.717) is 5.92 Å². The lowest BCUT2D eigenvalue weighted by atomic mass is 9.82. The first-order valence-electron chi connectivity index (χ1n) is 5.15. The summed E-state index contributed by atoms with van der Waals surface area (Å²) in [6.07, 6.45) is 6.98. The van der Waals surface area contributed by atoms with Crippen LogP contribution in [0.3, 0.4) is 0 Å². The van der Waals surface area contributed by atoms with Gasteiger partial charge in [0.1, 0.15) is 6.04 Å². The first-order valence-corrected chi connectivity index (χ1v) is 5.15. The smallest absolute Gasteiger partial charge is 0.321 e. The minimum Gasteiger partial charge on any atom is -0.480 e. The van der Waals surface area contributed by atoms with Crippen molar-refractivity contribution >= 4 is 5.97 Å². The lowest BCUT2D eigenvalue weighted by Crippen LogP contribution is -2.42. The minimum absolute atomic E-state index is 0.0116. The van der Waals surface area contributed by atoms with Gasteiger partial charge in [-0.25, -0.2) is 0 Å². The fourth-order valence-electron chi connectivity index (χ4n) is 2.86. The minimum atomic E-state index is -0.815. The molecule has 2 fully saturated rings. The Balaban J connectivity index is 2.06. The third-order valence-electron chi connectivity index (χ3n) is 3.88. The second-order valence-electron chi connectivity index (χ2n) is 4.53. The normalized spacial score (nSPS) is 28.7. The molecule has 0 radical (unpaired) electrons. The van der Waals surface area contributed by atoms with Crippen LogP contribution in [0, 0.1) is 11.3 Å². The zero-order chi connectivity index (χ0) is 9.47. The summed E-state index contributed by atoms with van der Waals surface area (Å²) in [6, 6.07) is -0.615. The Labute approximate surface area is 78.3 Å². The summed E-state index contributed by atoms with van der Waals surface area (Å²) in [5.74, 6) is -0.219. The lowest BCUT2D eigenvalue weighted by Gasteiger charge is -2.26. The van der Waals surface area contributed by atoms with Gasteiger partial charge in [0.2, 0.25) is 0 Å². The molecule has 13 heavy (non-hydrogen) atoms. The molecule has 2 aliphatic rings. The van der Waals surface area contributed by atoms with E-state index in [1.165, 1.54) is 25.7 Å². The zero-order valence-corrected chi connectivity index (χ0v) is 7.83. The summed E-state index contributed by atoms with van der Waals surface area (Å²) in [6.45, 7) is 0. The Morgan fingerprint density at radius 3 is 2.31 bits per heavy atom. The second kappa shape index (κ2) is 2.98. The molecule has 1 atom stereocenters. The van der Waals surface area contributed by atoms with Gasteiger partial charge in [-0.05, 0) is 37.0 Å². The van der Waals surface area contributed by atoms with Gasteiger partial charge in [-0.3, -0.25) is 4.79 Å². The van der Waals surface area contributed by atoms with Crippen molar-refractivity contribution in [1.29, 1.82) is 0 Å². The number of carboxylic acids is 1. The van der Waals surface area contributed by atoms with Crippen molar-refractivity contribution in [3.63, 3.8) is 0 Å². The van der Waals surface area contributed by atoms with Crippen molar-refractivity contribution in [1.82, 2.24) is 0 Å². The standard InChI is InChI=1S/C10H17NO2/c11-8(9(12)13)10(5-6-10)7-3-1-2-4-7/h7-8H,1-6,11H2,(H,12,13). The zero-order valence-electron chi connectivity index (χ0n) is 7.83. The maximum atomic E-state index is 10.8. The monoisotopic (exact) mass is 183 g/mol. The number of carboxylic acid groups (broad SMARTS) is 1. The van der Waals surface area contributed by atoms with E-state index >= 15 is 0 Å². The molecule has 2 rings (SSSR count). The molecule has 0 aromatic heterocycles. The molecule has 3 heteroatoms. The van der Waals surface area contributed by atoms with Gasteiger partial charge in [-0.15, -0.1) is 0 Å². The molecule has 3 nitrogen and oxygen atoms in total. The Morgan fingerprint density at radius 1 is 1.38 bits per heavy atom. The number of rotatable bonds is 3. The van der Waals surface area contributed by atoms with Gasteiger partial charge in [0.25, 0.3) is 0 Å². The van der Waals surface area contributed by atoms with Crippen LogP contribution >= 0.6 is 0 Å². The van der Waals surface area contributed by atoms with Gasteiger partial charge < -0.3 is 10.8 Å². The van der Waals surface area contributed by atoms with Gasteiger partial charge in [-0.2, -0.15) is 0 Å². The van der Waals surface area contributed by atoms with Crippen LogP contribution in [-0.2, 0) is 4.79 Å². The largest absolute Gasteiger partial charge is 0.480 e. The molecule has 74 valence electrons. The number of hydrogen-bond acceptors (Lipinski definition) is 2. The number of hydrogen-bond donors (Lipinski definition) is 2. The molecule has 0 bridgehead atoms.